The van der Waals surface area contributed by atoms with Crippen LogP contribution in [0.4, 0.5) is 0 Å². The molecule has 136 valence electrons. The van der Waals surface area contributed by atoms with E-state index in [1.54, 1.807) is 0 Å². The maximum Gasteiger partial charge on any atom is 0.340 e. The molecule has 3 rings (SSSR count). The first-order valence-corrected chi connectivity index (χ1v) is 8.82. The zero-order chi connectivity index (χ0) is 18.5. The smallest absolute Gasteiger partial charge is 0.340 e. The van der Waals surface area contributed by atoms with E-state index in [0.717, 1.165) is 16.6 Å². The van der Waals surface area contributed by atoms with Crippen molar-refractivity contribution in [1.29, 1.82) is 0 Å². The van der Waals surface area contributed by atoms with E-state index in [2.05, 4.69) is 16.7 Å². The number of carbonyl (C=O) groups excluding carboxylic acids is 1. The summed E-state index contributed by atoms with van der Waals surface area (Å²) in [4.78, 5) is 12.6. The van der Waals surface area contributed by atoms with Crippen LogP contribution >= 0.6 is 0 Å². The molecule has 3 aromatic rings. The lowest BCUT2D eigenvalue weighted by molar-refractivity contribution is 0.0527. The maximum absolute atomic E-state index is 12.6. The third-order valence-electron chi connectivity index (χ3n) is 4.34. The highest BCUT2D eigenvalue weighted by Crippen LogP contribution is 2.31. The number of nitrogens with two attached hydrogens (primary N) is 1. The third kappa shape index (κ3) is 3.58. The molecule has 5 nitrogen and oxygen atoms in total. The standard InChI is InChI=1S/C21H24N2O3/c1-3-25-21(24)20-15(2)23(14-16-7-5-4-6-8-16)19-10-9-17(13-18(19)20)26-12-11-22/h4-10,13H,3,11-12,14,22H2,1-2H3. The normalized spacial score (nSPS) is 10.9. The molecule has 0 aliphatic carbocycles. The summed E-state index contributed by atoms with van der Waals surface area (Å²) in [5.74, 6) is 0.392. The fraction of sp³-hybridized carbons (Fsp3) is 0.286. The lowest BCUT2D eigenvalue weighted by Crippen LogP contribution is -2.10. The number of esters is 1. The molecule has 0 bridgehead atoms. The predicted molar refractivity (Wildman–Crippen MR) is 103 cm³/mol. The second-order valence-corrected chi connectivity index (χ2v) is 6.07. The Hall–Kier alpha value is -2.79. The first-order valence-electron chi connectivity index (χ1n) is 8.82. The van der Waals surface area contributed by atoms with Crippen LogP contribution in [0.2, 0.25) is 0 Å². The Balaban J connectivity index is 2.11. The third-order valence-corrected chi connectivity index (χ3v) is 4.34. The van der Waals surface area contributed by atoms with Gasteiger partial charge < -0.3 is 19.8 Å². The van der Waals surface area contributed by atoms with Crippen LogP contribution in [0.3, 0.4) is 0 Å². The minimum absolute atomic E-state index is 0.308. The summed E-state index contributed by atoms with van der Waals surface area (Å²) in [6.07, 6.45) is 0. The first kappa shape index (κ1) is 18.0. The lowest BCUT2D eigenvalue weighted by Gasteiger charge is -2.09. The van der Waals surface area contributed by atoms with Crippen molar-refractivity contribution in [1.82, 2.24) is 4.57 Å². The molecule has 0 aliphatic rings. The van der Waals surface area contributed by atoms with E-state index >= 15 is 0 Å². The van der Waals surface area contributed by atoms with Crippen LogP contribution < -0.4 is 10.5 Å². The Morgan fingerprint density at radius 2 is 1.92 bits per heavy atom. The predicted octanol–water partition coefficient (Wildman–Crippen LogP) is 3.51. The van der Waals surface area contributed by atoms with Gasteiger partial charge in [-0.05, 0) is 37.6 Å². The first-order chi connectivity index (χ1) is 12.7. The summed E-state index contributed by atoms with van der Waals surface area (Å²) in [5.41, 5.74) is 9.15. The Morgan fingerprint density at radius 3 is 2.62 bits per heavy atom. The van der Waals surface area contributed by atoms with Crippen LogP contribution in [0.1, 0.15) is 28.5 Å². The summed E-state index contributed by atoms with van der Waals surface area (Å²) < 4.78 is 13.1. The van der Waals surface area contributed by atoms with E-state index in [0.29, 0.717) is 37.6 Å². The van der Waals surface area contributed by atoms with Crippen LogP contribution in [-0.2, 0) is 11.3 Å². The Labute approximate surface area is 153 Å². The molecule has 0 radical (unpaired) electrons. The van der Waals surface area contributed by atoms with E-state index in [4.69, 9.17) is 15.2 Å². The molecular formula is C21H24N2O3. The van der Waals surface area contributed by atoms with Crippen LogP contribution in [0.15, 0.2) is 48.5 Å². The number of hydrogen-bond acceptors (Lipinski definition) is 4. The number of ether oxygens (including phenoxy) is 2. The fourth-order valence-electron chi connectivity index (χ4n) is 3.16. The number of hydrogen-bond donors (Lipinski definition) is 1. The average molecular weight is 352 g/mol. The molecule has 0 atom stereocenters. The van der Waals surface area contributed by atoms with Crippen molar-refractivity contribution >= 4 is 16.9 Å². The highest BCUT2D eigenvalue weighted by Gasteiger charge is 2.21. The number of nitrogens with zero attached hydrogens (tertiary/aromatic N) is 1. The summed E-state index contributed by atoms with van der Waals surface area (Å²) in [5, 5.41) is 0.839. The Kier molecular flexibility index (Phi) is 5.58. The second kappa shape index (κ2) is 8.06. The minimum Gasteiger partial charge on any atom is -0.492 e. The van der Waals surface area contributed by atoms with Gasteiger partial charge in [0, 0.05) is 29.7 Å². The van der Waals surface area contributed by atoms with Crippen LogP contribution in [0, 0.1) is 6.92 Å². The summed E-state index contributed by atoms with van der Waals surface area (Å²) in [6.45, 7) is 5.67. The van der Waals surface area contributed by atoms with E-state index in [1.807, 2.05) is 50.2 Å². The average Bonchev–Trinajstić information content (AvgIpc) is 2.92. The van der Waals surface area contributed by atoms with Gasteiger partial charge in [-0.15, -0.1) is 0 Å². The van der Waals surface area contributed by atoms with Gasteiger partial charge in [-0.25, -0.2) is 4.79 Å². The molecule has 0 fully saturated rings. The van der Waals surface area contributed by atoms with Gasteiger partial charge in [-0.1, -0.05) is 30.3 Å². The van der Waals surface area contributed by atoms with E-state index in [-0.39, 0.29) is 5.97 Å². The fourth-order valence-corrected chi connectivity index (χ4v) is 3.16. The van der Waals surface area contributed by atoms with E-state index in [1.165, 1.54) is 5.56 Å². The van der Waals surface area contributed by atoms with Crippen LogP contribution in [0.25, 0.3) is 10.9 Å². The second-order valence-electron chi connectivity index (χ2n) is 6.07. The zero-order valence-corrected chi connectivity index (χ0v) is 15.2. The van der Waals surface area contributed by atoms with Crippen molar-refractivity contribution in [2.24, 2.45) is 5.73 Å². The van der Waals surface area contributed by atoms with Crippen molar-refractivity contribution in [2.75, 3.05) is 19.8 Å². The molecule has 0 aliphatic heterocycles. The summed E-state index contributed by atoms with van der Waals surface area (Å²) >= 11 is 0. The number of rotatable bonds is 7. The molecule has 0 amide bonds. The van der Waals surface area contributed by atoms with Crippen molar-refractivity contribution in [3.8, 4) is 5.75 Å². The van der Waals surface area contributed by atoms with Gasteiger partial charge in [0.05, 0.1) is 12.2 Å². The van der Waals surface area contributed by atoms with Crippen molar-refractivity contribution in [2.45, 2.75) is 20.4 Å². The minimum atomic E-state index is -0.308. The van der Waals surface area contributed by atoms with Crippen molar-refractivity contribution < 1.29 is 14.3 Å². The number of carbonyl (C=O) groups is 1. The van der Waals surface area contributed by atoms with E-state index in [9.17, 15) is 4.79 Å². The highest BCUT2D eigenvalue weighted by molar-refractivity contribution is 6.06. The maximum atomic E-state index is 12.6. The topological polar surface area (TPSA) is 66.5 Å². The van der Waals surface area contributed by atoms with Gasteiger partial charge in [0.25, 0.3) is 0 Å². The quantitative estimate of drug-likeness (QED) is 0.661. The molecule has 1 aromatic heterocycles. The van der Waals surface area contributed by atoms with Gasteiger partial charge in [-0.3, -0.25) is 0 Å². The summed E-state index contributed by atoms with van der Waals surface area (Å²) in [6, 6.07) is 16.0. The highest BCUT2D eigenvalue weighted by atomic mass is 16.5. The van der Waals surface area contributed by atoms with Gasteiger partial charge >= 0.3 is 5.97 Å². The van der Waals surface area contributed by atoms with Gasteiger partial charge in [-0.2, -0.15) is 0 Å². The molecule has 0 saturated heterocycles. The molecule has 0 unspecified atom stereocenters. The SMILES string of the molecule is CCOC(=O)c1c(C)n(Cc2ccccc2)c2ccc(OCCN)cc12. The van der Waals surface area contributed by atoms with Gasteiger partial charge in [0.1, 0.15) is 12.4 Å². The van der Waals surface area contributed by atoms with Gasteiger partial charge in [0.15, 0.2) is 0 Å². The number of aromatic nitrogens is 1. The molecule has 26 heavy (non-hydrogen) atoms. The monoisotopic (exact) mass is 352 g/mol. The zero-order valence-electron chi connectivity index (χ0n) is 15.2. The molecule has 1 heterocycles. The number of benzene rings is 2. The van der Waals surface area contributed by atoms with Crippen LogP contribution in [0.5, 0.6) is 5.75 Å². The largest absolute Gasteiger partial charge is 0.492 e. The van der Waals surface area contributed by atoms with Crippen molar-refractivity contribution in [3.63, 3.8) is 0 Å². The van der Waals surface area contributed by atoms with Crippen molar-refractivity contribution in [3.05, 3.63) is 65.4 Å². The molecule has 0 saturated carbocycles. The molecule has 2 N–H and O–H groups in total. The van der Waals surface area contributed by atoms with E-state index < -0.39 is 0 Å². The summed E-state index contributed by atoms with van der Waals surface area (Å²) in [7, 11) is 0. The number of fused-ring (bicyclic) bond motifs is 1. The molecule has 5 heteroatoms. The van der Waals surface area contributed by atoms with Gasteiger partial charge in [0.2, 0.25) is 0 Å². The lowest BCUT2D eigenvalue weighted by atomic mass is 10.1. The molecule has 2 aromatic carbocycles. The Morgan fingerprint density at radius 1 is 1.15 bits per heavy atom. The molecular weight excluding hydrogens is 328 g/mol. The van der Waals surface area contributed by atoms with Crippen LogP contribution in [-0.4, -0.2) is 30.3 Å². The molecule has 0 spiro atoms. The Bertz CT molecular complexity index is 901.